The highest BCUT2D eigenvalue weighted by Gasteiger charge is 2.15. The van der Waals surface area contributed by atoms with E-state index >= 15 is 0 Å². The monoisotopic (exact) mass is 286 g/mol. The van der Waals surface area contributed by atoms with Crippen molar-refractivity contribution in [3.05, 3.63) is 27.4 Å². The number of aromatic carboxylic acids is 1. The minimum atomic E-state index is -1.07. The van der Waals surface area contributed by atoms with Crippen molar-refractivity contribution in [3.63, 3.8) is 0 Å². The molecule has 2 aromatic rings. The molecule has 0 aliphatic rings. The van der Waals surface area contributed by atoms with E-state index in [-0.39, 0.29) is 5.69 Å². The van der Waals surface area contributed by atoms with Crippen molar-refractivity contribution in [2.75, 3.05) is 12.4 Å². The molecule has 8 heteroatoms. The molecule has 0 saturated heterocycles. The summed E-state index contributed by atoms with van der Waals surface area (Å²) in [6, 6.07) is 1.77. The Morgan fingerprint density at radius 2 is 2.33 bits per heavy atom. The minimum absolute atomic E-state index is 0.00781. The number of aromatic nitrogens is 1. The van der Waals surface area contributed by atoms with Gasteiger partial charge in [0.15, 0.2) is 17.1 Å². The van der Waals surface area contributed by atoms with Crippen LogP contribution < -0.4 is 5.32 Å². The highest BCUT2D eigenvalue weighted by atomic mass is 32.1. The number of rotatable bonds is 5. The van der Waals surface area contributed by atoms with Gasteiger partial charge in [0, 0.05) is 12.5 Å². The van der Waals surface area contributed by atoms with Crippen LogP contribution in [0.3, 0.4) is 0 Å². The van der Waals surface area contributed by atoms with Gasteiger partial charge >= 0.3 is 5.97 Å². The van der Waals surface area contributed by atoms with Crippen LogP contribution in [-0.2, 0) is 4.74 Å². The Morgan fingerprint density at radius 3 is 2.94 bits per heavy atom. The first-order valence-corrected chi connectivity index (χ1v) is 6.62. The lowest BCUT2D eigenvalue weighted by Crippen LogP contribution is -2.01. The molecule has 0 spiro atoms. The van der Waals surface area contributed by atoms with E-state index in [9.17, 15) is 9.90 Å². The SMILES string of the molecule is COC(O)c1sccc1Nc1nc(C(=O)O)cs1. The van der Waals surface area contributed by atoms with E-state index in [1.165, 1.54) is 35.2 Å². The van der Waals surface area contributed by atoms with Crippen molar-refractivity contribution in [1.82, 2.24) is 4.98 Å². The molecule has 2 rings (SSSR count). The molecule has 1 atom stereocenters. The van der Waals surface area contributed by atoms with E-state index in [1.807, 2.05) is 0 Å². The zero-order valence-corrected chi connectivity index (χ0v) is 10.9. The van der Waals surface area contributed by atoms with Crippen molar-refractivity contribution >= 4 is 39.5 Å². The quantitative estimate of drug-likeness (QED) is 0.730. The summed E-state index contributed by atoms with van der Waals surface area (Å²) in [5.74, 6) is -1.07. The molecule has 0 aromatic carbocycles. The lowest BCUT2D eigenvalue weighted by Gasteiger charge is -2.09. The third kappa shape index (κ3) is 2.67. The molecule has 0 aliphatic carbocycles. The Morgan fingerprint density at radius 1 is 1.56 bits per heavy atom. The average Bonchev–Trinajstić information content (AvgIpc) is 2.97. The number of aliphatic hydroxyl groups is 1. The summed E-state index contributed by atoms with van der Waals surface area (Å²) >= 11 is 2.52. The molecule has 1 unspecified atom stereocenters. The van der Waals surface area contributed by atoms with E-state index in [0.29, 0.717) is 15.7 Å². The van der Waals surface area contributed by atoms with Gasteiger partial charge in [0.1, 0.15) is 0 Å². The molecule has 0 bridgehead atoms. The Labute approximate surface area is 110 Å². The van der Waals surface area contributed by atoms with Crippen LogP contribution in [0.2, 0.25) is 0 Å². The van der Waals surface area contributed by atoms with Crippen LogP contribution in [0.5, 0.6) is 0 Å². The van der Waals surface area contributed by atoms with Crippen molar-refractivity contribution in [2.45, 2.75) is 6.29 Å². The largest absolute Gasteiger partial charge is 0.476 e. The number of hydrogen-bond acceptors (Lipinski definition) is 7. The highest BCUT2D eigenvalue weighted by molar-refractivity contribution is 7.14. The molecule has 0 aliphatic heterocycles. The predicted molar refractivity (Wildman–Crippen MR) is 68.6 cm³/mol. The lowest BCUT2D eigenvalue weighted by molar-refractivity contribution is -0.0738. The van der Waals surface area contributed by atoms with Gasteiger partial charge in [0.2, 0.25) is 0 Å². The van der Waals surface area contributed by atoms with Crippen LogP contribution in [-0.4, -0.2) is 28.3 Å². The number of carboxylic acid groups (broad SMARTS) is 1. The fourth-order valence-electron chi connectivity index (χ4n) is 1.27. The molecule has 0 amide bonds. The van der Waals surface area contributed by atoms with Gasteiger partial charge in [-0.05, 0) is 11.4 Å². The maximum atomic E-state index is 10.7. The number of ether oxygens (including phenoxy) is 1. The topological polar surface area (TPSA) is 91.7 Å². The fraction of sp³-hybridized carbons (Fsp3) is 0.200. The summed E-state index contributed by atoms with van der Waals surface area (Å²) in [7, 11) is 1.40. The first-order valence-electron chi connectivity index (χ1n) is 4.86. The second-order valence-electron chi connectivity index (χ2n) is 3.25. The number of anilines is 2. The summed E-state index contributed by atoms with van der Waals surface area (Å²) in [6.45, 7) is 0. The number of methoxy groups -OCH3 is 1. The van der Waals surface area contributed by atoms with Crippen LogP contribution in [0, 0.1) is 0 Å². The van der Waals surface area contributed by atoms with E-state index in [1.54, 1.807) is 11.4 Å². The Balaban J connectivity index is 2.18. The lowest BCUT2D eigenvalue weighted by atomic mass is 10.4. The van der Waals surface area contributed by atoms with Crippen LogP contribution in [0.15, 0.2) is 16.8 Å². The zero-order chi connectivity index (χ0) is 13.1. The molecule has 0 fully saturated rings. The number of carbonyl (C=O) groups is 1. The van der Waals surface area contributed by atoms with Gasteiger partial charge < -0.3 is 20.3 Å². The molecule has 0 saturated carbocycles. The standard InChI is InChI=1S/C10H10N2O4S2/c1-16-9(15)7-5(2-3-17-7)11-10-12-6(4-18-10)8(13)14/h2-4,9,15H,1H3,(H,11,12)(H,13,14). The second-order valence-corrected chi connectivity index (χ2v) is 5.06. The molecule has 96 valence electrons. The third-order valence-corrected chi connectivity index (χ3v) is 3.81. The Hall–Kier alpha value is -1.48. The summed E-state index contributed by atoms with van der Waals surface area (Å²) in [5.41, 5.74) is 0.646. The van der Waals surface area contributed by atoms with Gasteiger partial charge in [0.25, 0.3) is 0 Å². The highest BCUT2D eigenvalue weighted by Crippen LogP contribution is 2.32. The number of thiophene rings is 1. The number of nitrogens with one attached hydrogen (secondary N) is 1. The molecule has 0 radical (unpaired) electrons. The van der Waals surface area contributed by atoms with Gasteiger partial charge in [0.05, 0.1) is 10.6 Å². The molecular weight excluding hydrogens is 276 g/mol. The minimum Gasteiger partial charge on any atom is -0.476 e. The van der Waals surface area contributed by atoms with E-state index in [0.717, 1.165) is 0 Å². The maximum Gasteiger partial charge on any atom is 0.355 e. The number of thiazole rings is 1. The van der Waals surface area contributed by atoms with Gasteiger partial charge in [-0.1, -0.05) is 0 Å². The third-order valence-electron chi connectivity index (χ3n) is 2.11. The number of aliphatic hydroxyl groups excluding tert-OH is 1. The molecule has 2 heterocycles. The number of carboxylic acids is 1. The normalized spacial score (nSPS) is 12.3. The van der Waals surface area contributed by atoms with Crippen LogP contribution in [0.1, 0.15) is 21.7 Å². The first kappa shape index (κ1) is 13.0. The van der Waals surface area contributed by atoms with Crippen LogP contribution in [0.4, 0.5) is 10.8 Å². The number of hydrogen-bond donors (Lipinski definition) is 3. The molecular formula is C10H10N2O4S2. The molecule has 6 nitrogen and oxygen atoms in total. The molecule has 3 N–H and O–H groups in total. The molecule has 2 aromatic heterocycles. The van der Waals surface area contributed by atoms with Crippen molar-refractivity contribution in [2.24, 2.45) is 0 Å². The van der Waals surface area contributed by atoms with Gasteiger partial charge in [-0.15, -0.1) is 22.7 Å². The Bertz CT molecular complexity index is 552. The summed E-state index contributed by atoms with van der Waals surface area (Å²) in [6.07, 6.45) is -1.01. The fourth-order valence-corrected chi connectivity index (χ4v) is 2.77. The summed E-state index contributed by atoms with van der Waals surface area (Å²) < 4.78 is 4.83. The summed E-state index contributed by atoms with van der Waals surface area (Å²) in [4.78, 5) is 15.2. The van der Waals surface area contributed by atoms with E-state index in [4.69, 9.17) is 9.84 Å². The predicted octanol–water partition coefficient (Wildman–Crippen LogP) is 2.28. The van der Waals surface area contributed by atoms with Gasteiger partial charge in [-0.25, -0.2) is 9.78 Å². The Kier molecular flexibility index (Phi) is 3.92. The zero-order valence-electron chi connectivity index (χ0n) is 9.28. The smallest absolute Gasteiger partial charge is 0.355 e. The maximum absolute atomic E-state index is 10.7. The molecule has 18 heavy (non-hydrogen) atoms. The van der Waals surface area contributed by atoms with Crippen LogP contribution >= 0.6 is 22.7 Å². The van der Waals surface area contributed by atoms with Crippen molar-refractivity contribution in [1.29, 1.82) is 0 Å². The van der Waals surface area contributed by atoms with Gasteiger partial charge in [-0.2, -0.15) is 0 Å². The van der Waals surface area contributed by atoms with E-state index in [2.05, 4.69) is 10.3 Å². The first-order chi connectivity index (χ1) is 8.61. The van der Waals surface area contributed by atoms with Gasteiger partial charge in [-0.3, -0.25) is 0 Å². The van der Waals surface area contributed by atoms with Crippen LogP contribution in [0.25, 0.3) is 0 Å². The van der Waals surface area contributed by atoms with Crippen molar-refractivity contribution in [3.8, 4) is 0 Å². The number of nitrogens with zero attached hydrogens (tertiary/aromatic N) is 1. The van der Waals surface area contributed by atoms with Crippen molar-refractivity contribution < 1.29 is 19.7 Å². The average molecular weight is 286 g/mol. The summed E-state index contributed by atoms with van der Waals surface area (Å²) in [5, 5.41) is 25.0. The second kappa shape index (κ2) is 5.44. The van der Waals surface area contributed by atoms with E-state index < -0.39 is 12.3 Å².